The van der Waals surface area contributed by atoms with E-state index >= 15 is 0 Å². The van der Waals surface area contributed by atoms with Gasteiger partial charge in [0.15, 0.2) is 0 Å². The summed E-state index contributed by atoms with van der Waals surface area (Å²) in [5, 5.41) is 5.19. The normalized spacial score (nSPS) is 24.4. The van der Waals surface area contributed by atoms with Gasteiger partial charge in [-0.3, -0.25) is 0 Å². The van der Waals surface area contributed by atoms with Crippen molar-refractivity contribution in [2.75, 3.05) is 19.6 Å². The maximum atomic E-state index is 6.34. The van der Waals surface area contributed by atoms with E-state index in [9.17, 15) is 0 Å². The first-order valence-corrected chi connectivity index (χ1v) is 8.85. The quantitative estimate of drug-likeness (QED) is 0.826. The van der Waals surface area contributed by atoms with Crippen molar-refractivity contribution in [2.45, 2.75) is 44.7 Å². The molecule has 2 aliphatic rings. The van der Waals surface area contributed by atoms with Gasteiger partial charge in [0.05, 0.1) is 0 Å². The Balaban J connectivity index is 1.54. The number of nitrogens with zero attached hydrogens (tertiary/aromatic N) is 1. The smallest absolute Gasteiger partial charge is 0.0468 e. The molecule has 2 unspecified atom stereocenters. The monoisotopic (exact) mass is 326 g/mol. The highest BCUT2D eigenvalue weighted by molar-refractivity contribution is 6.35. The molecule has 2 nitrogen and oxygen atoms in total. The Hall–Kier alpha value is -0.280. The summed E-state index contributed by atoms with van der Waals surface area (Å²) in [5.41, 5.74) is 1.17. The fourth-order valence-electron chi connectivity index (χ4n) is 3.37. The van der Waals surface area contributed by atoms with Crippen LogP contribution in [0.3, 0.4) is 0 Å². The van der Waals surface area contributed by atoms with Crippen molar-refractivity contribution in [2.24, 2.45) is 5.92 Å². The third-order valence-corrected chi connectivity index (χ3v) is 5.34. The first kappa shape index (κ1) is 15.6. The average molecular weight is 327 g/mol. The van der Waals surface area contributed by atoms with E-state index in [1.165, 1.54) is 37.9 Å². The van der Waals surface area contributed by atoms with E-state index in [2.05, 4.69) is 23.2 Å². The zero-order valence-electron chi connectivity index (χ0n) is 12.6. The van der Waals surface area contributed by atoms with E-state index in [4.69, 9.17) is 23.2 Å². The van der Waals surface area contributed by atoms with Crippen LogP contribution in [0.1, 0.15) is 44.2 Å². The minimum absolute atomic E-state index is 0.324. The lowest BCUT2D eigenvalue weighted by atomic mass is 10.0. The highest BCUT2D eigenvalue weighted by atomic mass is 35.5. The predicted octanol–water partition coefficient (Wildman–Crippen LogP) is 4.52. The zero-order chi connectivity index (χ0) is 14.8. The van der Waals surface area contributed by atoms with Crippen LogP contribution in [-0.4, -0.2) is 30.6 Å². The van der Waals surface area contributed by atoms with Crippen molar-refractivity contribution in [3.05, 3.63) is 33.8 Å². The number of hydrogen-bond donors (Lipinski definition) is 1. The van der Waals surface area contributed by atoms with Gasteiger partial charge in [0.25, 0.3) is 0 Å². The minimum Gasteiger partial charge on any atom is -0.310 e. The molecule has 1 aliphatic carbocycles. The molecule has 4 heteroatoms. The van der Waals surface area contributed by atoms with Gasteiger partial charge in [0.2, 0.25) is 0 Å². The van der Waals surface area contributed by atoms with Crippen LogP contribution in [0.2, 0.25) is 10.0 Å². The molecule has 1 heterocycles. The highest BCUT2D eigenvalue weighted by Crippen LogP contribution is 2.32. The van der Waals surface area contributed by atoms with Gasteiger partial charge in [-0.2, -0.15) is 0 Å². The zero-order valence-corrected chi connectivity index (χ0v) is 14.1. The summed E-state index contributed by atoms with van der Waals surface area (Å²) in [7, 11) is 0. The van der Waals surface area contributed by atoms with Gasteiger partial charge >= 0.3 is 0 Å². The van der Waals surface area contributed by atoms with E-state index in [0.717, 1.165) is 29.9 Å². The summed E-state index contributed by atoms with van der Waals surface area (Å²) in [4.78, 5) is 2.67. The molecule has 21 heavy (non-hydrogen) atoms. The summed E-state index contributed by atoms with van der Waals surface area (Å²) in [6.45, 7) is 5.84. The molecule has 0 radical (unpaired) electrons. The molecule has 3 rings (SSSR count). The number of nitrogens with one attached hydrogen (secondary N) is 1. The Bertz CT molecular complexity index is 488. The highest BCUT2D eigenvalue weighted by Gasteiger charge is 2.34. The molecular weight excluding hydrogens is 303 g/mol. The molecule has 1 saturated heterocycles. The number of benzene rings is 1. The van der Waals surface area contributed by atoms with Crippen LogP contribution in [0.5, 0.6) is 0 Å². The Morgan fingerprint density at radius 2 is 2.10 bits per heavy atom. The summed E-state index contributed by atoms with van der Waals surface area (Å²) in [5.74, 6) is 0.783. The maximum Gasteiger partial charge on any atom is 0.0468 e. The Kier molecular flexibility index (Phi) is 5.11. The third kappa shape index (κ3) is 3.92. The fourth-order valence-corrected chi connectivity index (χ4v) is 3.91. The van der Waals surface area contributed by atoms with Crippen LogP contribution >= 0.6 is 23.2 Å². The van der Waals surface area contributed by atoms with Crippen LogP contribution in [0.25, 0.3) is 0 Å². The van der Waals surface area contributed by atoms with Crippen LogP contribution in [0, 0.1) is 5.92 Å². The molecule has 0 bridgehead atoms. The van der Waals surface area contributed by atoms with Gasteiger partial charge in [-0.1, -0.05) is 36.2 Å². The van der Waals surface area contributed by atoms with Gasteiger partial charge in [-0.05, 0) is 62.4 Å². The minimum atomic E-state index is 0.324. The summed E-state index contributed by atoms with van der Waals surface area (Å²) in [6.07, 6.45) is 5.20. The standard InChI is InChI=1S/C17H24Cl2N2/c1-2-17(15-6-3-13(18)9-16(15)19)20-10-12-7-8-21(11-12)14-4-5-14/h3,6,9,12,14,17,20H,2,4-5,7-8,10-11H2,1H3. The molecule has 1 aromatic rings. The Morgan fingerprint density at radius 1 is 1.29 bits per heavy atom. The summed E-state index contributed by atoms with van der Waals surface area (Å²) >= 11 is 12.3. The maximum absolute atomic E-state index is 6.34. The second kappa shape index (κ2) is 6.87. The van der Waals surface area contributed by atoms with Crippen LogP contribution in [0.4, 0.5) is 0 Å². The lowest BCUT2D eigenvalue weighted by Gasteiger charge is -2.21. The molecule has 1 N–H and O–H groups in total. The number of hydrogen-bond acceptors (Lipinski definition) is 2. The second-order valence-corrected chi connectivity index (χ2v) is 7.26. The molecule has 0 amide bonds. The molecule has 0 aromatic heterocycles. The number of likely N-dealkylation sites (tertiary alicyclic amines) is 1. The molecule has 116 valence electrons. The lowest BCUT2D eigenvalue weighted by molar-refractivity contribution is 0.309. The molecule has 1 aromatic carbocycles. The van der Waals surface area contributed by atoms with E-state index in [1.54, 1.807) is 0 Å². The Morgan fingerprint density at radius 3 is 2.76 bits per heavy atom. The van der Waals surface area contributed by atoms with E-state index in [0.29, 0.717) is 11.1 Å². The third-order valence-electron chi connectivity index (χ3n) is 4.78. The predicted molar refractivity (Wildman–Crippen MR) is 90.2 cm³/mol. The van der Waals surface area contributed by atoms with Gasteiger partial charge in [0.1, 0.15) is 0 Å². The Labute approximate surface area is 137 Å². The second-order valence-electron chi connectivity index (χ2n) is 6.42. The molecule has 1 aliphatic heterocycles. The summed E-state index contributed by atoms with van der Waals surface area (Å²) in [6, 6.07) is 7.05. The molecule has 2 fully saturated rings. The van der Waals surface area contributed by atoms with Crippen LogP contribution in [0.15, 0.2) is 18.2 Å². The largest absolute Gasteiger partial charge is 0.310 e. The number of halogens is 2. The van der Waals surface area contributed by atoms with E-state index in [1.807, 2.05) is 12.1 Å². The van der Waals surface area contributed by atoms with E-state index < -0.39 is 0 Å². The molecule has 1 saturated carbocycles. The topological polar surface area (TPSA) is 15.3 Å². The molecular formula is C17H24Cl2N2. The number of rotatable bonds is 6. The van der Waals surface area contributed by atoms with Gasteiger partial charge < -0.3 is 10.2 Å². The SMILES string of the molecule is CCC(NCC1CCN(C2CC2)C1)c1ccc(Cl)cc1Cl. The molecule has 2 atom stereocenters. The van der Waals surface area contributed by atoms with Crippen molar-refractivity contribution in [1.82, 2.24) is 10.2 Å². The fraction of sp³-hybridized carbons (Fsp3) is 0.647. The van der Waals surface area contributed by atoms with Gasteiger partial charge in [0, 0.05) is 28.7 Å². The average Bonchev–Trinajstić information content (AvgIpc) is 3.21. The van der Waals surface area contributed by atoms with Crippen molar-refractivity contribution in [1.29, 1.82) is 0 Å². The van der Waals surface area contributed by atoms with Crippen molar-refractivity contribution in [3.63, 3.8) is 0 Å². The van der Waals surface area contributed by atoms with Crippen molar-refractivity contribution in [3.8, 4) is 0 Å². The van der Waals surface area contributed by atoms with Crippen LogP contribution < -0.4 is 5.32 Å². The van der Waals surface area contributed by atoms with Gasteiger partial charge in [-0.15, -0.1) is 0 Å². The first-order chi connectivity index (χ1) is 10.2. The van der Waals surface area contributed by atoms with Crippen molar-refractivity contribution >= 4 is 23.2 Å². The lowest BCUT2D eigenvalue weighted by Crippen LogP contribution is -2.30. The molecule has 0 spiro atoms. The van der Waals surface area contributed by atoms with Gasteiger partial charge in [-0.25, -0.2) is 0 Å². The summed E-state index contributed by atoms with van der Waals surface area (Å²) < 4.78 is 0. The van der Waals surface area contributed by atoms with E-state index in [-0.39, 0.29) is 0 Å². The van der Waals surface area contributed by atoms with Crippen molar-refractivity contribution < 1.29 is 0 Å². The van der Waals surface area contributed by atoms with Crippen LogP contribution in [-0.2, 0) is 0 Å². The first-order valence-electron chi connectivity index (χ1n) is 8.09.